The molecular formula is C23H28N4O. The van der Waals surface area contributed by atoms with E-state index in [1.165, 1.54) is 18.4 Å². The Bertz CT molecular complexity index is 826. The van der Waals surface area contributed by atoms with Crippen LogP contribution in [0.4, 0.5) is 0 Å². The molecule has 5 fully saturated rings. The Morgan fingerprint density at radius 2 is 1.93 bits per heavy atom. The van der Waals surface area contributed by atoms with Gasteiger partial charge >= 0.3 is 0 Å². The number of primary amides is 1. The van der Waals surface area contributed by atoms with E-state index in [1.54, 1.807) is 0 Å². The Labute approximate surface area is 166 Å². The van der Waals surface area contributed by atoms with Gasteiger partial charge in [-0.25, -0.2) is 0 Å². The van der Waals surface area contributed by atoms with E-state index in [9.17, 15) is 10.1 Å². The maximum atomic E-state index is 12.2. The smallest absolute Gasteiger partial charge is 0.223 e. The molecule has 0 aromatic heterocycles. The average molecular weight is 377 g/mol. The molecule has 3 unspecified atom stereocenters. The molecule has 6 rings (SSSR count). The van der Waals surface area contributed by atoms with E-state index in [4.69, 9.17) is 5.73 Å². The van der Waals surface area contributed by atoms with Gasteiger partial charge in [-0.2, -0.15) is 10.3 Å². The third kappa shape index (κ3) is 2.73. The lowest BCUT2D eigenvalue weighted by molar-refractivity contribution is -0.149. The first-order chi connectivity index (χ1) is 13.6. The Morgan fingerprint density at radius 1 is 1.21 bits per heavy atom. The maximum Gasteiger partial charge on any atom is 0.223 e. The molecular weight excluding hydrogens is 348 g/mol. The number of amidine groups is 1. The highest BCUT2D eigenvalue weighted by Gasteiger charge is 2.59. The van der Waals surface area contributed by atoms with Crippen molar-refractivity contribution in [1.82, 2.24) is 4.90 Å². The molecule has 1 amide bonds. The summed E-state index contributed by atoms with van der Waals surface area (Å²) in [5.74, 6) is 2.89. The first-order valence-corrected chi connectivity index (χ1v) is 10.7. The van der Waals surface area contributed by atoms with E-state index in [0.717, 1.165) is 44.5 Å². The van der Waals surface area contributed by atoms with Gasteiger partial charge < -0.3 is 10.6 Å². The van der Waals surface area contributed by atoms with Gasteiger partial charge in [0.05, 0.1) is 0 Å². The molecule has 3 atom stereocenters. The van der Waals surface area contributed by atoms with Gasteiger partial charge in [0, 0.05) is 23.9 Å². The van der Waals surface area contributed by atoms with E-state index in [1.807, 2.05) is 6.07 Å². The van der Waals surface area contributed by atoms with Crippen molar-refractivity contribution in [3.05, 3.63) is 35.9 Å². The molecule has 2 N–H and O–H groups in total. The minimum absolute atomic E-state index is 0.0837. The van der Waals surface area contributed by atoms with Crippen molar-refractivity contribution in [2.75, 3.05) is 6.54 Å². The molecule has 4 bridgehead atoms. The van der Waals surface area contributed by atoms with E-state index < -0.39 is 0 Å². The van der Waals surface area contributed by atoms with E-state index >= 15 is 0 Å². The Hall–Kier alpha value is -2.35. The third-order valence-corrected chi connectivity index (χ3v) is 7.97. The van der Waals surface area contributed by atoms with Crippen LogP contribution in [0.25, 0.3) is 0 Å². The van der Waals surface area contributed by atoms with E-state index in [0.29, 0.717) is 29.7 Å². The van der Waals surface area contributed by atoms with Crippen LogP contribution in [-0.2, 0) is 11.2 Å². The number of carbonyl (C=O) groups excluding carboxylic acids is 1. The van der Waals surface area contributed by atoms with Crippen molar-refractivity contribution in [1.29, 1.82) is 5.26 Å². The Morgan fingerprint density at radius 3 is 2.57 bits per heavy atom. The number of carbonyl (C=O) groups is 1. The van der Waals surface area contributed by atoms with Crippen molar-refractivity contribution in [3.63, 3.8) is 0 Å². The van der Waals surface area contributed by atoms with Crippen LogP contribution >= 0.6 is 0 Å². The van der Waals surface area contributed by atoms with Gasteiger partial charge in [-0.1, -0.05) is 30.3 Å². The van der Waals surface area contributed by atoms with Crippen LogP contribution in [0, 0.1) is 40.5 Å². The quantitative estimate of drug-likeness (QED) is 0.820. The van der Waals surface area contributed by atoms with E-state index in [-0.39, 0.29) is 11.3 Å². The van der Waals surface area contributed by atoms with Crippen LogP contribution in [0.2, 0.25) is 0 Å². The van der Waals surface area contributed by atoms with Crippen molar-refractivity contribution >= 4 is 11.7 Å². The average Bonchev–Trinajstić information content (AvgIpc) is 3.04. The molecule has 0 radical (unpaired) electrons. The molecule has 0 spiro atoms. The van der Waals surface area contributed by atoms with Gasteiger partial charge in [0.25, 0.3) is 0 Å². The number of rotatable bonds is 4. The fourth-order valence-electron chi connectivity index (χ4n) is 7.18. The Kier molecular flexibility index (Phi) is 4.19. The molecule has 1 aliphatic heterocycles. The number of aliphatic imine (C=N–C) groups is 1. The van der Waals surface area contributed by atoms with Gasteiger partial charge in [-0.3, -0.25) is 4.79 Å². The zero-order valence-corrected chi connectivity index (χ0v) is 16.3. The number of amides is 1. The van der Waals surface area contributed by atoms with Crippen LogP contribution in [0.5, 0.6) is 0 Å². The molecule has 4 saturated carbocycles. The maximum absolute atomic E-state index is 12.2. The lowest BCUT2D eigenvalue weighted by atomic mass is 9.47. The molecule has 4 aliphatic carbocycles. The lowest BCUT2D eigenvalue weighted by Crippen LogP contribution is -2.62. The molecule has 5 heteroatoms. The highest BCUT2D eigenvalue weighted by molar-refractivity contribution is 5.88. The second-order valence-electron chi connectivity index (χ2n) is 9.54. The molecule has 5 nitrogen and oxygen atoms in total. The zero-order valence-electron chi connectivity index (χ0n) is 16.3. The number of likely N-dealkylation sites (tertiary alicyclic amines) is 1. The van der Waals surface area contributed by atoms with Crippen LogP contribution in [0.15, 0.2) is 35.3 Å². The van der Waals surface area contributed by atoms with E-state index in [2.05, 4.69) is 40.4 Å². The number of hydrogen-bond acceptors (Lipinski definition) is 3. The monoisotopic (exact) mass is 376 g/mol. The first kappa shape index (κ1) is 17.7. The number of benzene rings is 1. The molecule has 1 saturated heterocycles. The normalized spacial score (nSPS) is 40.0. The van der Waals surface area contributed by atoms with Crippen molar-refractivity contribution in [2.45, 2.75) is 51.0 Å². The molecule has 1 aromatic carbocycles. The summed E-state index contributed by atoms with van der Waals surface area (Å²) in [6, 6.07) is 10.9. The SMILES string of the molecule is N#CN=C1C(Cc2ccccc2)CCN1C1C2CC3CC1CC(C(N)=O)(C3)C2. The second kappa shape index (κ2) is 6.62. The predicted molar refractivity (Wildman–Crippen MR) is 107 cm³/mol. The van der Waals surface area contributed by atoms with Gasteiger partial charge in [0.1, 0.15) is 5.84 Å². The van der Waals surface area contributed by atoms with Gasteiger partial charge in [-0.15, -0.1) is 0 Å². The fraction of sp³-hybridized carbons (Fsp3) is 0.609. The topological polar surface area (TPSA) is 82.5 Å². The summed E-state index contributed by atoms with van der Waals surface area (Å²) in [5, 5.41) is 9.37. The number of nitriles is 1. The molecule has 1 heterocycles. The summed E-state index contributed by atoms with van der Waals surface area (Å²) in [6.07, 6.45) is 9.33. The Balaban J connectivity index is 1.40. The summed E-state index contributed by atoms with van der Waals surface area (Å²) in [4.78, 5) is 19.0. The van der Waals surface area contributed by atoms with Crippen molar-refractivity contribution in [3.8, 4) is 6.19 Å². The minimum Gasteiger partial charge on any atom is -0.369 e. The summed E-state index contributed by atoms with van der Waals surface area (Å²) in [5.41, 5.74) is 6.90. The number of nitrogens with zero attached hydrogens (tertiary/aromatic N) is 3. The van der Waals surface area contributed by atoms with Gasteiger partial charge in [0.2, 0.25) is 12.1 Å². The highest BCUT2D eigenvalue weighted by atomic mass is 16.1. The van der Waals surface area contributed by atoms with Crippen molar-refractivity contribution in [2.24, 2.45) is 39.8 Å². The van der Waals surface area contributed by atoms with Gasteiger partial charge in [0.15, 0.2) is 0 Å². The summed E-state index contributed by atoms with van der Waals surface area (Å²) in [7, 11) is 0. The summed E-state index contributed by atoms with van der Waals surface area (Å²) in [6.45, 7) is 0.976. The lowest BCUT2D eigenvalue weighted by Gasteiger charge is -2.60. The largest absolute Gasteiger partial charge is 0.369 e. The fourth-order valence-corrected chi connectivity index (χ4v) is 7.18. The third-order valence-electron chi connectivity index (χ3n) is 7.97. The van der Waals surface area contributed by atoms with Gasteiger partial charge in [-0.05, 0) is 68.3 Å². The highest BCUT2D eigenvalue weighted by Crippen LogP contribution is 2.61. The first-order valence-electron chi connectivity index (χ1n) is 10.7. The van der Waals surface area contributed by atoms with Crippen molar-refractivity contribution < 1.29 is 4.79 Å². The molecule has 5 aliphatic rings. The zero-order chi connectivity index (χ0) is 19.3. The summed E-state index contributed by atoms with van der Waals surface area (Å²) < 4.78 is 0. The standard InChI is InChI=1S/C23H28N4O/c24-14-26-21-17(8-15-4-2-1-3-5-15)6-7-27(21)20-18-9-16-10-19(20)13-23(11-16,12-18)22(25)28/h1-5,16-20H,6-13H2,(H2,25,28). The minimum atomic E-state index is -0.261. The van der Waals surface area contributed by atoms with Crippen LogP contribution in [-0.4, -0.2) is 29.2 Å². The molecule has 1 aromatic rings. The second-order valence-corrected chi connectivity index (χ2v) is 9.54. The number of hydrogen-bond donors (Lipinski definition) is 1. The molecule has 28 heavy (non-hydrogen) atoms. The van der Waals surface area contributed by atoms with Crippen LogP contribution in [0.1, 0.15) is 44.1 Å². The van der Waals surface area contributed by atoms with Crippen LogP contribution in [0.3, 0.4) is 0 Å². The predicted octanol–water partition coefficient (Wildman–Crippen LogP) is 3.11. The summed E-state index contributed by atoms with van der Waals surface area (Å²) >= 11 is 0. The number of nitrogens with two attached hydrogens (primary N) is 1. The molecule has 146 valence electrons. The van der Waals surface area contributed by atoms with Crippen LogP contribution < -0.4 is 5.73 Å².